The van der Waals surface area contributed by atoms with E-state index in [0.717, 1.165) is 0 Å². The quantitative estimate of drug-likeness (QED) is 0.728. The summed E-state index contributed by atoms with van der Waals surface area (Å²) in [6.45, 7) is 1.22. The first-order valence-corrected chi connectivity index (χ1v) is 5.88. The Morgan fingerprint density at radius 2 is 1.88 bits per heavy atom. The molecule has 1 unspecified atom stereocenters. The summed E-state index contributed by atoms with van der Waals surface area (Å²) in [4.78, 5) is 0. The fourth-order valence-electron chi connectivity index (χ4n) is 2.00. The Bertz CT molecular complexity index is 484. The molecule has 0 aliphatic heterocycles. The largest absolute Gasteiger partial charge is 0.395 e. The first kappa shape index (κ1) is 12.0. The summed E-state index contributed by atoms with van der Waals surface area (Å²) in [6, 6.07) is 14.7. The van der Waals surface area contributed by atoms with Gasteiger partial charge in [0.05, 0.1) is 6.61 Å². The molecule has 0 fully saturated rings. The summed E-state index contributed by atoms with van der Waals surface area (Å²) < 4.78 is 0. The lowest BCUT2D eigenvalue weighted by Gasteiger charge is -2.17. The highest BCUT2D eigenvalue weighted by molar-refractivity contribution is 5.83. The van der Waals surface area contributed by atoms with Crippen LogP contribution in [0.4, 0.5) is 0 Å². The molecule has 90 valence electrons. The molecule has 2 rings (SSSR count). The van der Waals surface area contributed by atoms with Crippen molar-refractivity contribution in [2.24, 2.45) is 5.73 Å². The molecule has 0 saturated heterocycles. The second-order valence-electron chi connectivity index (χ2n) is 4.07. The number of hydrogen-bond acceptors (Lipinski definition) is 3. The molecule has 3 nitrogen and oxygen atoms in total. The highest BCUT2D eigenvalue weighted by Crippen LogP contribution is 2.19. The average Bonchev–Trinajstić information content (AvgIpc) is 2.39. The average molecular weight is 230 g/mol. The Labute approximate surface area is 101 Å². The molecule has 4 N–H and O–H groups in total. The number of fused-ring (bicyclic) bond motifs is 1. The summed E-state index contributed by atoms with van der Waals surface area (Å²) in [5.74, 6) is 0. The van der Waals surface area contributed by atoms with Gasteiger partial charge in [-0.3, -0.25) is 0 Å². The Morgan fingerprint density at radius 3 is 2.59 bits per heavy atom. The van der Waals surface area contributed by atoms with E-state index in [1.807, 2.05) is 12.1 Å². The molecule has 0 saturated carbocycles. The molecule has 0 radical (unpaired) electrons. The van der Waals surface area contributed by atoms with Crippen molar-refractivity contribution in [1.29, 1.82) is 0 Å². The molecule has 0 heterocycles. The molecule has 17 heavy (non-hydrogen) atoms. The maximum atomic E-state index is 8.83. The van der Waals surface area contributed by atoms with Gasteiger partial charge < -0.3 is 16.2 Å². The van der Waals surface area contributed by atoms with Gasteiger partial charge in [0.15, 0.2) is 0 Å². The fourth-order valence-corrected chi connectivity index (χ4v) is 2.00. The van der Waals surface area contributed by atoms with E-state index in [9.17, 15) is 0 Å². The molecule has 0 aromatic heterocycles. The van der Waals surface area contributed by atoms with Gasteiger partial charge in [0.1, 0.15) is 0 Å². The van der Waals surface area contributed by atoms with E-state index in [1.165, 1.54) is 16.3 Å². The zero-order valence-corrected chi connectivity index (χ0v) is 9.76. The van der Waals surface area contributed by atoms with Gasteiger partial charge in [-0.05, 0) is 22.4 Å². The lowest BCUT2D eigenvalue weighted by molar-refractivity contribution is 0.285. The standard InChI is InChI=1S/C14H18N2O/c15-10-14(16-7-8-17)13-6-5-11-3-1-2-4-12(11)9-13/h1-6,9,14,16-17H,7-8,10,15H2. The van der Waals surface area contributed by atoms with E-state index in [2.05, 4.69) is 35.6 Å². The predicted octanol–water partition coefficient (Wildman–Crippen LogP) is 1.42. The summed E-state index contributed by atoms with van der Waals surface area (Å²) in [7, 11) is 0. The van der Waals surface area contributed by atoms with Crippen LogP contribution in [0.5, 0.6) is 0 Å². The Morgan fingerprint density at radius 1 is 1.12 bits per heavy atom. The van der Waals surface area contributed by atoms with Gasteiger partial charge in [0.25, 0.3) is 0 Å². The highest BCUT2D eigenvalue weighted by Gasteiger charge is 2.08. The molecular formula is C14H18N2O. The first-order valence-electron chi connectivity index (χ1n) is 5.88. The molecule has 0 bridgehead atoms. The molecule has 2 aromatic rings. The minimum Gasteiger partial charge on any atom is -0.395 e. The van der Waals surface area contributed by atoms with Crippen LogP contribution in [0.2, 0.25) is 0 Å². The van der Waals surface area contributed by atoms with E-state index >= 15 is 0 Å². The number of benzene rings is 2. The van der Waals surface area contributed by atoms with Crippen LogP contribution in [0.25, 0.3) is 10.8 Å². The third-order valence-electron chi connectivity index (χ3n) is 2.91. The fraction of sp³-hybridized carbons (Fsp3) is 0.286. The van der Waals surface area contributed by atoms with Crippen molar-refractivity contribution in [3.63, 3.8) is 0 Å². The van der Waals surface area contributed by atoms with Crippen LogP contribution in [-0.4, -0.2) is 24.8 Å². The molecule has 3 heteroatoms. The number of aliphatic hydroxyl groups excluding tert-OH is 1. The van der Waals surface area contributed by atoms with E-state index in [-0.39, 0.29) is 12.6 Å². The monoisotopic (exact) mass is 230 g/mol. The van der Waals surface area contributed by atoms with Gasteiger partial charge in [-0.1, -0.05) is 36.4 Å². The van der Waals surface area contributed by atoms with E-state index in [4.69, 9.17) is 10.8 Å². The van der Waals surface area contributed by atoms with Crippen LogP contribution in [-0.2, 0) is 0 Å². The maximum absolute atomic E-state index is 8.83. The first-order chi connectivity index (χ1) is 8.35. The van der Waals surface area contributed by atoms with Gasteiger partial charge >= 0.3 is 0 Å². The number of aliphatic hydroxyl groups is 1. The van der Waals surface area contributed by atoms with Crippen molar-refractivity contribution in [3.05, 3.63) is 48.0 Å². The SMILES string of the molecule is NCC(NCCO)c1ccc2ccccc2c1. The Kier molecular flexibility index (Phi) is 4.09. The Balaban J connectivity index is 2.27. The van der Waals surface area contributed by atoms with Gasteiger partial charge in [-0.25, -0.2) is 0 Å². The van der Waals surface area contributed by atoms with Crippen LogP contribution in [0.15, 0.2) is 42.5 Å². The van der Waals surface area contributed by atoms with Crippen LogP contribution < -0.4 is 11.1 Å². The smallest absolute Gasteiger partial charge is 0.0556 e. The molecule has 0 aliphatic carbocycles. The summed E-state index contributed by atoms with van der Waals surface area (Å²) in [6.07, 6.45) is 0. The number of nitrogens with one attached hydrogen (secondary N) is 1. The topological polar surface area (TPSA) is 58.3 Å². The van der Waals surface area contributed by atoms with Crippen molar-refractivity contribution in [2.75, 3.05) is 19.7 Å². The van der Waals surface area contributed by atoms with Gasteiger partial charge in [-0.15, -0.1) is 0 Å². The van der Waals surface area contributed by atoms with E-state index in [1.54, 1.807) is 0 Å². The second kappa shape index (κ2) is 5.77. The van der Waals surface area contributed by atoms with Crippen molar-refractivity contribution < 1.29 is 5.11 Å². The molecule has 0 amide bonds. The van der Waals surface area contributed by atoms with Crippen LogP contribution in [0, 0.1) is 0 Å². The van der Waals surface area contributed by atoms with Crippen LogP contribution in [0.1, 0.15) is 11.6 Å². The number of rotatable bonds is 5. The van der Waals surface area contributed by atoms with E-state index < -0.39 is 0 Å². The van der Waals surface area contributed by atoms with Crippen molar-refractivity contribution in [1.82, 2.24) is 5.32 Å². The van der Waals surface area contributed by atoms with Gasteiger partial charge in [0, 0.05) is 19.1 Å². The molecule has 0 spiro atoms. The summed E-state index contributed by atoms with van der Waals surface area (Å²) in [5.41, 5.74) is 6.91. The normalized spacial score (nSPS) is 12.8. The van der Waals surface area contributed by atoms with Gasteiger partial charge in [0.2, 0.25) is 0 Å². The zero-order valence-electron chi connectivity index (χ0n) is 9.76. The van der Waals surface area contributed by atoms with Gasteiger partial charge in [-0.2, -0.15) is 0 Å². The second-order valence-corrected chi connectivity index (χ2v) is 4.07. The van der Waals surface area contributed by atoms with Crippen LogP contribution >= 0.6 is 0 Å². The molecule has 2 aromatic carbocycles. The number of hydrogen-bond donors (Lipinski definition) is 3. The zero-order chi connectivity index (χ0) is 12.1. The lowest BCUT2D eigenvalue weighted by atomic mass is 10.0. The number of nitrogens with two attached hydrogens (primary N) is 1. The van der Waals surface area contributed by atoms with Crippen molar-refractivity contribution >= 4 is 10.8 Å². The van der Waals surface area contributed by atoms with E-state index in [0.29, 0.717) is 13.1 Å². The molecular weight excluding hydrogens is 212 g/mol. The third-order valence-corrected chi connectivity index (χ3v) is 2.91. The van der Waals surface area contributed by atoms with Crippen molar-refractivity contribution in [2.45, 2.75) is 6.04 Å². The Hall–Kier alpha value is -1.42. The highest BCUT2D eigenvalue weighted by atomic mass is 16.3. The molecule has 1 atom stereocenters. The summed E-state index contributed by atoms with van der Waals surface area (Å²) >= 11 is 0. The minimum absolute atomic E-state index is 0.103. The lowest BCUT2D eigenvalue weighted by Crippen LogP contribution is -2.30. The molecule has 0 aliphatic rings. The summed E-state index contributed by atoms with van der Waals surface area (Å²) in [5, 5.41) is 14.5. The van der Waals surface area contributed by atoms with Crippen molar-refractivity contribution in [3.8, 4) is 0 Å². The minimum atomic E-state index is 0.103. The maximum Gasteiger partial charge on any atom is 0.0556 e. The third kappa shape index (κ3) is 2.82. The van der Waals surface area contributed by atoms with Crippen LogP contribution in [0.3, 0.4) is 0 Å². The predicted molar refractivity (Wildman–Crippen MR) is 70.8 cm³/mol.